The summed E-state index contributed by atoms with van der Waals surface area (Å²) in [7, 11) is 0. The number of benzene rings is 2. The Labute approximate surface area is 235 Å². The fourth-order valence-electron chi connectivity index (χ4n) is 6.69. The first-order chi connectivity index (χ1) is 19.4. The number of alkyl halides is 6. The summed E-state index contributed by atoms with van der Waals surface area (Å²) in [4.78, 5) is 17.4. The molecule has 41 heavy (non-hydrogen) atoms. The maximum Gasteiger partial charge on any atom is 0.416 e. The number of anilines is 1. The van der Waals surface area contributed by atoms with Gasteiger partial charge >= 0.3 is 18.4 Å². The molecule has 1 unspecified atom stereocenters. The third-order valence-electron chi connectivity index (χ3n) is 8.89. The number of halogens is 6. The number of nitrogens with zero attached hydrogens (tertiary/aromatic N) is 3. The summed E-state index contributed by atoms with van der Waals surface area (Å²) in [5.74, 6) is 0.287. The molecular weight excluding hydrogens is 546 g/mol. The number of nitriles is 1. The molecule has 2 aromatic carbocycles. The van der Waals surface area contributed by atoms with Crippen LogP contribution in [-0.2, 0) is 17.8 Å². The van der Waals surface area contributed by atoms with E-state index in [1.807, 2.05) is 18.2 Å². The van der Waals surface area contributed by atoms with Gasteiger partial charge in [0.25, 0.3) is 0 Å². The first kappa shape index (κ1) is 29.2. The molecule has 3 aliphatic rings. The Bertz CT molecular complexity index is 1280. The minimum absolute atomic E-state index is 0.0519. The average Bonchev–Trinajstić information content (AvgIpc) is 3.44. The van der Waals surface area contributed by atoms with Crippen LogP contribution in [0.5, 0.6) is 0 Å². The molecule has 1 aliphatic heterocycles. The zero-order valence-electron chi connectivity index (χ0n) is 22.5. The second-order valence-electron chi connectivity index (χ2n) is 11.5. The number of rotatable bonds is 7. The Morgan fingerprint density at radius 1 is 1.05 bits per heavy atom. The second-order valence-corrected chi connectivity index (χ2v) is 11.5. The van der Waals surface area contributed by atoms with Crippen LogP contribution in [0.2, 0.25) is 0 Å². The minimum Gasteiger partial charge on any atom is -0.321 e. The molecule has 2 aliphatic carbocycles. The predicted molar refractivity (Wildman–Crippen MR) is 141 cm³/mol. The fraction of sp³-hybridized carbons (Fsp3) is 0.533. The van der Waals surface area contributed by atoms with Crippen LogP contribution >= 0.6 is 0 Å². The van der Waals surface area contributed by atoms with Crippen LogP contribution in [0, 0.1) is 17.2 Å². The number of nitrogens with one attached hydrogen (secondary N) is 1. The lowest BCUT2D eigenvalue weighted by atomic mass is 9.80. The van der Waals surface area contributed by atoms with Crippen molar-refractivity contribution in [3.63, 3.8) is 0 Å². The Morgan fingerprint density at radius 3 is 2.34 bits per heavy atom. The summed E-state index contributed by atoms with van der Waals surface area (Å²) in [5, 5.41) is 11.7. The largest absolute Gasteiger partial charge is 0.416 e. The molecule has 3 atom stereocenters. The molecule has 0 radical (unpaired) electrons. The van der Waals surface area contributed by atoms with Crippen LogP contribution in [0.1, 0.15) is 67.2 Å². The molecule has 5 rings (SSSR count). The molecule has 5 nitrogen and oxygen atoms in total. The van der Waals surface area contributed by atoms with Crippen molar-refractivity contribution in [1.29, 1.82) is 5.26 Å². The molecule has 2 aromatic rings. The SMILES string of the molecule is N#Cc1cccc([C@]23CC[C@@H](N(CCCN4CCCC4)C(=O)Nc4cc(C(F)(F)F)cc(C(F)(F)F)c4)CC2C3)c1. The number of carbonyl (C=O) groups is 1. The van der Waals surface area contributed by atoms with Gasteiger partial charge in [0.2, 0.25) is 0 Å². The van der Waals surface area contributed by atoms with E-state index in [4.69, 9.17) is 0 Å². The lowest BCUT2D eigenvalue weighted by Crippen LogP contribution is -2.46. The van der Waals surface area contributed by atoms with Crippen molar-refractivity contribution in [2.75, 3.05) is 31.5 Å². The van der Waals surface area contributed by atoms with Crippen LogP contribution in [0.15, 0.2) is 42.5 Å². The molecule has 1 heterocycles. The number of fused-ring (bicyclic) bond motifs is 1. The van der Waals surface area contributed by atoms with E-state index >= 15 is 0 Å². The average molecular weight is 579 g/mol. The van der Waals surface area contributed by atoms with E-state index in [-0.39, 0.29) is 23.4 Å². The molecule has 0 aromatic heterocycles. The number of carbonyl (C=O) groups excluding carboxylic acids is 1. The lowest BCUT2D eigenvalue weighted by Gasteiger charge is -2.37. The van der Waals surface area contributed by atoms with Gasteiger partial charge in [0.15, 0.2) is 0 Å². The smallest absolute Gasteiger partial charge is 0.321 e. The zero-order valence-corrected chi connectivity index (χ0v) is 22.5. The highest BCUT2D eigenvalue weighted by Crippen LogP contribution is 2.63. The van der Waals surface area contributed by atoms with Crippen LogP contribution in [0.4, 0.5) is 36.8 Å². The standard InChI is InChI=1S/C30H32F6N4O/c31-29(32,33)22-14-23(30(34,35)36)16-25(15-22)38-27(41)40(12-4-11-39-9-1-2-10-39)26-7-8-28(18-24(28)17-26)21-6-3-5-20(13-21)19-37/h3,5-6,13-16,24,26H,1-2,4,7-12,17-18H2,(H,38,41)/t24?,26-,28-/m1/s1. The summed E-state index contributed by atoms with van der Waals surface area (Å²) in [6.07, 6.45) is -4.08. The van der Waals surface area contributed by atoms with Gasteiger partial charge < -0.3 is 15.1 Å². The van der Waals surface area contributed by atoms with E-state index in [2.05, 4.69) is 16.3 Å². The van der Waals surface area contributed by atoms with E-state index in [0.29, 0.717) is 43.5 Å². The number of urea groups is 1. The molecule has 220 valence electrons. The van der Waals surface area contributed by atoms with Crippen molar-refractivity contribution in [2.24, 2.45) is 5.92 Å². The third kappa shape index (κ3) is 6.48. The van der Waals surface area contributed by atoms with Crippen molar-refractivity contribution in [3.8, 4) is 6.07 Å². The summed E-state index contributed by atoms with van der Waals surface area (Å²) in [6, 6.07) is 9.99. The van der Waals surface area contributed by atoms with Crippen LogP contribution in [0.25, 0.3) is 0 Å². The molecular formula is C30H32F6N4O. The van der Waals surface area contributed by atoms with Crippen molar-refractivity contribution in [3.05, 3.63) is 64.7 Å². The number of likely N-dealkylation sites (tertiary alicyclic amines) is 1. The summed E-state index contributed by atoms with van der Waals surface area (Å²) in [5.41, 5.74) is -1.83. The van der Waals surface area contributed by atoms with Crippen molar-refractivity contribution >= 4 is 11.7 Å². The maximum absolute atomic E-state index is 13.5. The van der Waals surface area contributed by atoms with Crippen molar-refractivity contribution < 1.29 is 31.1 Å². The molecule has 1 saturated heterocycles. The van der Waals surface area contributed by atoms with E-state index in [1.165, 1.54) is 0 Å². The van der Waals surface area contributed by atoms with Gasteiger partial charge in [0.05, 0.1) is 22.8 Å². The Hall–Kier alpha value is -3.26. The van der Waals surface area contributed by atoms with Gasteiger partial charge in [-0.3, -0.25) is 0 Å². The van der Waals surface area contributed by atoms with Gasteiger partial charge in [0.1, 0.15) is 0 Å². The molecule has 0 spiro atoms. The monoisotopic (exact) mass is 578 g/mol. The first-order valence-corrected chi connectivity index (χ1v) is 14.0. The minimum atomic E-state index is -5.00. The van der Waals surface area contributed by atoms with E-state index in [0.717, 1.165) is 50.9 Å². The highest BCUT2D eigenvalue weighted by atomic mass is 19.4. The predicted octanol–water partition coefficient (Wildman–Crippen LogP) is 7.43. The van der Waals surface area contributed by atoms with Gasteiger partial charge in [-0.15, -0.1) is 0 Å². The first-order valence-electron chi connectivity index (χ1n) is 14.0. The summed E-state index contributed by atoms with van der Waals surface area (Å²) < 4.78 is 80.4. The fourth-order valence-corrected chi connectivity index (χ4v) is 6.69. The highest BCUT2D eigenvalue weighted by molar-refractivity contribution is 5.90. The molecule has 2 saturated carbocycles. The Morgan fingerprint density at radius 2 is 1.73 bits per heavy atom. The van der Waals surface area contributed by atoms with Gasteiger partial charge in [-0.05, 0) is 112 Å². The molecule has 0 bridgehead atoms. The van der Waals surface area contributed by atoms with Crippen molar-refractivity contribution in [1.82, 2.24) is 9.80 Å². The quantitative estimate of drug-likeness (QED) is 0.348. The number of hydrogen-bond donors (Lipinski definition) is 1. The topological polar surface area (TPSA) is 59.4 Å². The molecule has 11 heteroatoms. The lowest BCUT2D eigenvalue weighted by molar-refractivity contribution is -0.143. The van der Waals surface area contributed by atoms with Crippen LogP contribution < -0.4 is 5.32 Å². The van der Waals surface area contributed by atoms with Gasteiger partial charge in [0, 0.05) is 18.3 Å². The maximum atomic E-state index is 13.5. The Kier molecular flexibility index (Phi) is 7.99. The van der Waals surface area contributed by atoms with E-state index in [1.54, 1.807) is 11.0 Å². The molecule has 2 amide bonds. The highest BCUT2D eigenvalue weighted by Gasteiger charge is 2.58. The number of hydrogen-bond acceptors (Lipinski definition) is 3. The van der Waals surface area contributed by atoms with E-state index < -0.39 is 35.2 Å². The van der Waals surface area contributed by atoms with Gasteiger partial charge in [-0.1, -0.05) is 12.1 Å². The Balaban J connectivity index is 1.34. The van der Waals surface area contributed by atoms with Crippen LogP contribution in [-0.4, -0.2) is 48.1 Å². The summed E-state index contributed by atoms with van der Waals surface area (Å²) >= 11 is 0. The third-order valence-corrected chi connectivity index (χ3v) is 8.89. The van der Waals surface area contributed by atoms with Crippen LogP contribution in [0.3, 0.4) is 0 Å². The number of amides is 2. The van der Waals surface area contributed by atoms with Gasteiger partial charge in [-0.25, -0.2) is 4.79 Å². The van der Waals surface area contributed by atoms with E-state index in [9.17, 15) is 36.4 Å². The van der Waals surface area contributed by atoms with Crippen molar-refractivity contribution in [2.45, 2.75) is 68.8 Å². The van der Waals surface area contributed by atoms with Gasteiger partial charge in [-0.2, -0.15) is 31.6 Å². The zero-order chi connectivity index (χ0) is 29.4. The normalized spacial score (nSPS) is 24.4. The summed E-state index contributed by atoms with van der Waals surface area (Å²) in [6.45, 7) is 3.08. The molecule has 1 N–H and O–H groups in total. The second kappa shape index (κ2) is 11.2. The molecule has 3 fully saturated rings.